The van der Waals surface area contributed by atoms with Crippen molar-refractivity contribution in [1.82, 2.24) is 30.1 Å². The topological polar surface area (TPSA) is 59.7 Å². The summed E-state index contributed by atoms with van der Waals surface area (Å²) in [4.78, 5) is 7.03. The maximum Gasteiger partial charge on any atom is 0.176 e. The molecule has 0 saturated carbocycles. The maximum atomic E-state index is 4.59. The van der Waals surface area contributed by atoms with Crippen LogP contribution in [-0.4, -0.2) is 36.6 Å². The van der Waals surface area contributed by atoms with Gasteiger partial charge in [-0.2, -0.15) is 0 Å². The van der Waals surface area contributed by atoms with Gasteiger partial charge in [0.25, 0.3) is 0 Å². The SMILES string of the molecule is CC(C)(C)n1nnnc1C(c1nccs1)N1CCc2ccccc2C1. The van der Waals surface area contributed by atoms with Crippen LogP contribution in [0.5, 0.6) is 0 Å². The van der Waals surface area contributed by atoms with Crippen LogP contribution in [0.4, 0.5) is 0 Å². The molecule has 0 spiro atoms. The van der Waals surface area contributed by atoms with Crippen LogP contribution in [0.15, 0.2) is 35.8 Å². The molecular formula is C18H22N6S. The van der Waals surface area contributed by atoms with Crippen molar-refractivity contribution in [2.45, 2.75) is 45.3 Å². The van der Waals surface area contributed by atoms with E-state index < -0.39 is 0 Å². The van der Waals surface area contributed by atoms with Crippen molar-refractivity contribution >= 4 is 11.3 Å². The number of hydrogen-bond acceptors (Lipinski definition) is 6. The molecule has 1 aliphatic rings. The Morgan fingerprint density at radius 3 is 2.68 bits per heavy atom. The fourth-order valence-corrected chi connectivity index (χ4v) is 4.15. The Balaban J connectivity index is 1.76. The summed E-state index contributed by atoms with van der Waals surface area (Å²) in [6, 6.07) is 8.65. The zero-order valence-electron chi connectivity index (χ0n) is 14.8. The minimum absolute atomic E-state index is 0.0254. The Hall–Kier alpha value is -2.12. The zero-order valence-corrected chi connectivity index (χ0v) is 15.6. The van der Waals surface area contributed by atoms with Gasteiger partial charge in [0.15, 0.2) is 5.82 Å². The summed E-state index contributed by atoms with van der Waals surface area (Å²) in [6.07, 6.45) is 2.89. The molecule has 3 heterocycles. The number of benzene rings is 1. The number of nitrogens with zero attached hydrogens (tertiary/aromatic N) is 6. The molecule has 1 aliphatic heterocycles. The first-order valence-electron chi connectivity index (χ1n) is 8.53. The molecule has 25 heavy (non-hydrogen) atoms. The van der Waals surface area contributed by atoms with Crippen molar-refractivity contribution in [3.63, 3.8) is 0 Å². The number of hydrogen-bond donors (Lipinski definition) is 0. The Kier molecular flexibility index (Phi) is 4.13. The average Bonchev–Trinajstić information content (AvgIpc) is 3.27. The lowest BCUT2D eigenvalue weighted by atomic mass is 9.98. The van der Waals surface area contributed by atoms with Crippen molar-refractivity contribution in [3.05, 3.63) is 57.8 Å². The van der Waals surface area contributed by atoms with Gasteiger partial charge in [0.05, 0.1) is 5.54 Å². The van der Waals surface area contributed by atoms with E-state index in [1.165, 1.54) is 11.1 Å². The third-order valence-electron chi connectivity index (χ3n) is 4.58. The van der Waals surface area contributed by atoms with Crippen LogP contribution in [0.2, 0.25) is 0 Å². The molecule has 6 nitrogen and oxygen atoms in total. The van der Waals surface area contributed by atoms with Crippen LogP contribution in [0.25, 0.3) is 0 Å². The fraction of sp³-hybridized carbons (Fsp3) is 0.444. The van der Waals surface area contributed by atoms with Crippen LogP contribution < -0.4 is 0 Å². The first kappa shape index (κ1) is 16.4. The smallest absolute Gasteiger partial charge is 0.176 e. The summed E-state index contributed by atoms with van der Waals surface area (Å²) in [6.45, 7) is 8.22. The van der Waals surface area contributed by atoms with Gasteiger partial charge >= 0.3 is 0 Å². The molecule has 0 fully saturated rings. The van der Waals surface area contributed by atoms with E-state index >= 15 is 0 Å². The highest BCUT2D eigenvalue weighted by Crippen LogP contribution is 2.34. The second-order valence-corrected chi connectivity index (χ2v) is 8.31. The zero-order chi connectivity index (χ0) is 17.4. The second-order valence-electron chi connectivity index (χ2n) is 7.38. The van der Waals surface area contributed by atoms with E-state index in [4.69, 9.17) is 0 Å². The van der Waals surface area contributed by atoms with E-state index in [9.17, 15) is 0 Å². The highest BCUT2D eigenvalue weighted by Gasteiger charge is 2.34. The monoisotopic (exact) mass is 354 g/mol. The van der Waals surface area contributed by atoms with E-state index in [1.54, 1.807) is 11.3 Å². The van der Waals surface area contributed by atoms with Gasteiger partial charge in [0.1, 0.15) is 11.0 Å². The molecule has 1 atom stereocenters. The minimum atomic E-state index is -0.179. The van der Waals surface area contributed by atoms with Crippen molar-refractivity contribution < 1.29 is 0 Å². The summed E-state index contributed by atoms with van der Waals surface area (Å²) in [5.41, 5.74) is 2.64. The molecule has 0 amide bonds. The Bertz CT molecular complexity index is 849. The summed E-state index contributed by atoms with van der Waals surface area (Å²) in [7, 11) is 0. The van der Waals surface area contributed by atoms with Gasteiger partial charge in [-0.15, -0.1) is 16.4 Å². The molecule has 7 heteroatoms. The van der Waals surface area contributed by atoms with Crippen LogP contribution in [0.3, 0.4) is 0 Å². The highest BCUT2D eigenvalue weighted by molar-refractivity contribution is 7.09. The minimum Gasteiger partial charge on any atom is -0.283 e. The largest absolute Gasteiger partial charge is 0.283 e. The first-order chi connectivity index (χ1) is 12.0. The summed E-state index contributed by atoms with van der Waals surface area (Å²) in [5, 5.41) is 15.7. The van der Waals surface area contributed by atoms with E-state index in [1.807, 2.05) is 16.3 Å². The van der Waals surface area contributed by atoms with Gasteiger partial charge in [-0.3, -0.25) is 4.90 Å². The summed E-state index contributed by atoms with van der Waals surface area (Å²) in [5.74, 6) is 0.863. The van der Waals surface area contributed by atoms with Gasteiger partial charge in [0, 0.05) is 24.7 Å². The highest BCUT2D eigenvalue weighted by atomic mass is 32.1. The van der Waals surface area contributed by atoms with E-state index in [2.05, 4.69) is 70.4 Å². The van der Waals surface area contributed by atoms with Crippen LogP contribution >= 0.6 is 11.3 Å². The van der Waals surface area contributed by atoms with Gasteiger partial charge in [-0.1, -0.05) is 24.3 Å². The normalized spacial score (nSPS) is 16.6. The molecule has 1 unspecified atom stereocenters. The number of aromatic nitrogens is 5. The van der Waals surface area contributed by atoms with Gasteiger partial charge in [-0.25, -0.2) is 9.67 Å². The number of tetrazole rings is 1. The van der Waals surface area contributed by atoms with Crippen molar-refractivity contribution in [1.29, 1.82) is 0 Å². The Morgan fingerprint density at radius 1 is 1.16 bits per heavy atom. The number of fused-ring (bicyclic) bond motifs is 1. The fourth-order valence-electron chi connectivity index (χ4n) is 3.38. The molecule has 0 bridgehead atoms. The average molecular weight is 354 g/mol. The third kappa shape index (κ3) is 3.09. The predicted molar refractivity (Wildman–Crippen MR) is 97.3 cm³/mol. The lowest BCUT2D eigenvalue weighted by Gasteiger charge is -2.35. The van der Waals surface area contributed by atoms with Crippen molar-refractivity contribution in [3.8, 4) is 0 Å². The molecule has 130 valence electrons. The van der Waals surface area contributed by atoms with E-state index in [0.717, 1.165) is 30.3 Å². The van der Waals surface area contributed by atoms with Gasteiger partial charge in [0.2, 0.25) is 0 Å². The molecule has 1 aromatic carbocycles. The standard InChI is InChI=1S/C18H22N6S/c1-18(2,3)24-16(20-21-22-24)15(17-19-9-11-25-17)23-10-8-13-6-4-5-7-14(13)12-23/h4-7,9,11,15H,8,10,12H2,1-3H3. The van der Waals surface area contributed by atoms with Crippen molar-refractivity contribution in [2.24, 2.45) is 0 Å². The Labute approximate surface area is 151 Å². The van der Waals surface area contributed by atoms with Crippen LogP contribution in [0.1, 0.15) is 48.8 Å². The quantitative estimate of drug-likeness (QED) is 0.723. The molecule has 2 aromatic heterocycles. The molecule has 0 N–H and O–H groups in total. The van der Waals surface area contributed by atoms with E-state index in [0.29, 0.717) is 0 Å². The summed E-state index contributed by atoms with van der Waals surface area (Å²) >= 11 is 1.66. The van der Waals surface area contributed by atoms with E-state index in [-0.39, 0.29) is 11.6 Å². The van der Waals surface area contributed by atoms with Crippen molar-refractivity contribution in [2.75, 3.05) is 6.54 Å². The summed E-state index contributed by atoms with van der Waals surface area (Å²) < 4.78 is 1.93. The predicted octanol–water partition coefficient (Wildman–Crippen LogP) is 3.03. The maximum absolute atomic E-state index is 4.59. The van der Waals surface area contributed by atoms with Crippen LogP contribution in [-0.2, 0) is 18.5 Å². The molecular weight excluding hydrogens is 332 g/mol. The Morgan fingerprint density at radius 2 is 1.96 bits per heavy atom. The number of thiazole rings is 1. The van der Waals surface area contributed by atoms with Crippen LogP contribution in [0, 0.1) is 0 Å². The molecule has 0 aliphatic carbocycles. The lowest BCUT2D eigenvalue weighted by molar-refractivity contribution is 0.185. The second kappa shape index (κ2) is 6.31. The number of rotatable bonds is 3. The molecule has 0 saturated heterocycles. The molecule has 0 radical (unpaired) electrons. The first-order valence-corrected chi connectivity index (χ1v) is 9.41. The lowest BCUT2D eigenvalue weighted by Crippen LogP contribution is -2.38. The van der Waals surface area contributed by atoms with Gasteiger partial charge < -0.3 is 0 Å². The molecule has 3 aromatic rings. The third-order valence-corrected chi connectivity index (χ3v) is 5.41. The van der Waals surface area contributed by atoms with Gasteiger partial charge in [-0.05, 0) is 48.7 Å². The molecule has 4 rings (SSSR count).